The van der Waals surface area contributed by atoms with E-state index in [1.165, 1.54) is 0 Å². The summed E-state index contributed by atoms with van der Waals surface area (Å²) in [6.45, 7) is 3.51. The largest absolute Gasteiger partial charge is 0.480 e. The van der Waals surface area contributed by atoms with Crippen molar-refractivity contribution in [1.82, 2.24) is 10.5 Å². The van der Waals surface area contributed by atoms with Crippen LogP contribution in [-0.2, 0) is 16.0 Å². The van der Waals surface area contributed by atoms with E-state index in [1.54, 1.807) is 32.1 Å². The van der Waals surface area contributed by atoms with Gasteiger partial charge in [-0.25, -0.2) is 4.79 Å². The van der Waals surface area contributed by atoms with Gasteiger partial charge in [0, 0.05) is 6.07 Å². The van der Waals surface area contributed by atoms with Crippen molar-refractivity contribution < 1.29 is 19.2 Å². The van der Waals surface area contributed by atoms with Gasteiger partial charge in [0.15, 0.2) is 0 Å². The fraction of sp³-hybridized carbons (Fsp3) is 0.417. The molecule has 1 aromatic heterocycles. The molecule has 1 rings (SSSR count). The van der Waals surface area contributed by atoms with Gasteiger partial charge in [-0.2, -0.15) is 0 Å². The number of hydrogen-bond acceptors (Lipinski definition) is 4. The Bertz CT molecular complexity index is 451. The average molecular weight is 252 g/mol. The van der Waals surface area contributed by atoms with Crippen LogP contribution in [0.15, 0.2) is 22.7 Å². The predicted octanol–water partition coefficient (Wildman–Crippen LogP) is 1.06. The summed E-state index contributed by atoms with van der Waals surface area (Å²) in [6, 6.07) is 0.725. The third-order valence-electron chi connectivity index (χ3n) is 2.26. The lowest BCUT2D eigenvalue weighted by atomic mass is 10.2. The number of nitrogens with zero attached hydrogens (tertiary/aromatic N) is 1. The highest BCUT2D eigenvalue weighted by atomic mass is 16.5. The first-order valence-corrected chi connectivity index (χ1v) is 5.58. The summed E-state index contributed by atoms with van der Waals surface area (Å²) in [5.74, 6) is -0.834. The molecule has 18 heavy (non-hydrogen) atoms. The number of allylic oxidation sites excluding steroid dienone is 1. The van der Waals surface area contributed by atoms with Crippen LogP contribution in [-0.4, -0.2) is 28.2 Å². The fourth-order valence-corrected chi connectivity index (χ4v) is 1.40. The van der Waals surface area contributed by atoms with Gasteiger partial charge in [-0.3, -0.25) is 4.79 Å². The van der Waals surface area contributed by atoms with E-state index in [-0.39, 0.29) is 18.7 Å². The summed E-state index contributed by atoms with van der Waals surface area (Å²) >= 11 is 0. The van der Waals surface area contributed by atoms with E-state index < -0.39 is 12.0 Å². The minimum absolute atomic E-state index is 0.0109. The van der Waals surface area contributed by atoms with Crippen LogP contribution >= 0.6 is 0 Å². The zero-order valence-corrected chi connectivity index (χ0v) is 10.3. The zero-order chi connectivity index (χ0) is 13.5. The predicted molar refractivity (Wildman–Crippen MR) is 63.9 cm³/mol. The van der Waals surface area contributed by atoms with Gasteiger partial charge in [0.2, 0.25) is 5.91 Å². The van der Waals surface area contributed by atoms with Crippen molar-refractivity contribution >= 4 is 11.9 Å². The van der Waals surface area contributed by atoms with E-state index in [0.717, 1.165) is 0 Å². The van der Waals surface area contributed by atoms with Crippen LogP contribution in [0.5, 0.6) is 0 Å². The molecule has 0 saturated carbocycles. The number of rotatable bonds is 6. The molecule has 6 nitrogen and oxygen atoms in total. The van der Waals surface area contributed by atoms with Crippen molar-refractivity contribution in [3.63, 3.8) is 0 Å². The summed E-state index contributed by atoms with van der Waals surface area (Å²) in [5.41, 5.74) is 0.486. The number of carboxylic acid groups (broad SMARTS) is 1. The molecule has 0 aliphatic rings. The first-order chi connectivity index (χ1) is 8.52. The number of hydrogen-bond donors (Lipinski definition) is 2. The first kappa shape index (κ1) is 14.0. The lowest BCUT2D eigenvalue weighted by molar-refractivity contribution is -0.141. The van der Waals surface area contributed by atoms with Gasteiger partial charge in [-0.05, 0) is 20.3 Å². The number of carboxylic acids is 1. The molecule has 98 valence electrons. The molecule has 0 radical (unpaired) electrons. The zero-order valence-electron chi connectivity index (χ0n) is 10.3. The topological polar surface area (TPSA) is 92.4 Å². The molecule has 0 aromatic carbocycles. The maximum absolute atomic E-state index is 11.6. The Morgan fingerprint density at radius 3 is 2.83 bits per heavy atom. The van der Waals surface area contributed by atoms with Gasteiger partial charge in [-0.15, -0.1) is 0 Å². The van der Waals surface area contributed by atoms with Gasteiger partial charge in [0.1, 0.15) is 11.8 Å². The molecule has 2 N–H and O–H groups in total. The standard InChI is InChI=1S/C12H16N2O4/c1-3-4-5-10(12(16)17)13-11(15)7-9-6-8(2)18-14-9/h3-4,6,10H,5,7H2,1-2H3,(H,13,15)(H,16,17)/b4-3+. The number of aliphatic carboxylic acids is 1. The summed E-state index contributed by atoms with van der Waals surface area (Å²) in [7, 11) is 0. The molecule has 1 aromatic rings. The molecule has 1 heterocycles. The van der Waals surface area contributed by atoms with Gasteiger partial charge in [-0.1, -0.05) is 17.3 Å². The van der Waals surface area contributed by atoms with E-state index in [4.69, 9.17) is 9.63 Å². The second-order valence-corrected chi connectivity index (χ2v) is 3.87. The first-order valence-electron chi connectivity index (χ1n) is 5.58. The summed E-state index contributed by atoms with van der Waals surface area (Å²) in [4.78, 5) is 22.5. The van der Waals surface area contributed by atoms with E-state index in [0.29, 0.717) is 11.5 Å². The Hall–Kier alpha value is -2.11. The summed E-state index contributed by atoms with van der Waals surface area (Å²) in [5, 5.41) is 15.0. The monoisotopic (exact) mass is 252 g/mol. The van der Waals surface area contributed by atoms with Gasteiger partial charge < -0.3 is 14.9 Å². The highest BCUT2D eigenvalue weighted by molar-refractivity contribution is 5.84. The highest BCUT2D eigenvalue weighted by Gasteiger charge is 2.19. The lowest BCUT2D eigenvalue weighted by Gasteiger charge is -2.11. The van der Waals surface area contributed by atoms with Crippen molar-refractivity contribution in [3.05, 3.63) is 29.7 Å². The molecule has 0 aliphatic heterocycles. The summed E-state index contributed by atoms with van der Waals surface area (Å²) in [6.07, 6.45) is 3.70. The Morgan fingerprint density at radius 1 is 1.61 bits per heavy atom. The molecule has 0 aliphatic carbocycles. The van der Waals surface area contributed by atoms with Crippen LogP contribution in [0, 0.1) is 6.92 Å². The van der Waals surface area contributed by atoms with E-state index >= 15 is 0 Å². The molecule has 0 spiro atoms. The third-order valence-corrected chi connectivity index (χ3v) is 2.26. The van der Waals surface area contributed by atoms with Crippen LogP contribution in [0.1, 0.15) is 24.8 Å². The molecule has 0 fully saturated rings. The van der Waals surface area contributed by atoms with E-state index in [9.17, 15) is 9.59 Å². The number of carbonyl (C=O) groups excluding carboxylic acids is 1. The molecule has 1 amide bonds. The number of carbonyl (C=O) groups is 2. The van der Waals surface area contributed by atoms with Crippen molar-refractivity contribution in [1.29, 1.82) is 0 Å². The van der Waals surface area contributed by atoms with Crippen molar-refractivity contribution in [2.24, 2.45) is 0 Å². The van der Waals surface area contributed by atoms with E-state index in [1.807, 2.05) is 0 Å². The van der Waals surface area contributed by atoms with Crippen LogP contribution in [0.25, 0.3) is 0 Å². The Kier molecular flexibility index (Phi) is 5.10. The molecule has 1 atom stereocenters. The lowest BCUT2D eigenvalue weighted by Crippen LogP contribution is -2.41. The van der Waals surface area contributed by atoms with Crippen molar-refractivity contribution in [2.75, 3.05) is 0 Å². The third kappa shape index (κ3) is 4.40. The fourth-order valence-electron chi connectivity index (χ4n) is 1.40. The smallest absolute Gasteiger partial charge is 0.326 e. The maximum Gasteiger partial charge on any atom is 0.326 e. The average Bonchev–Trinajstić information content (AvgIpc) is 2.69. The molecular formula is C12H16N2O4. The van der Waals surface area contributed by atoms with Gasteiger partial charge >= 0.3 is 5.97 Å². The Morgan fingerprint density at radius 2 is 2.33 bits per heavy atom. The van der Waals surface area contributed by atoms with Gasteiger partial charge in [0.25, 0.3) is 0 Å². The van der Waals surface area contributed by atoms with Crippen LogP contribution in [0.3, 0.4) is 0 Å². The van der Waals surface area contributed by atoms with Crippen LogP contribution in [0.4, 0.5) is 0 Å². The Labute approximate surface area is 105 Å². The van der Waals surface area contributed by atoms with Crippen molar-refractivity contribution in [3.8, 4) is 0 Å². The molecule has 6 heteroatoms. The number of nitrogens with one attached hydrogen (secondary N) is 1. The summed E-state index contributed by atoms with van der Waals surface area (Å²) < 4.78 is 4.83. The molecule has 0 bridgehead atoms. The number of amides is 1. The van der Waals surface area contributed by atoms with Gasteiger partial charge in [0.05, 0.1) is 12.1 Å². The van der Waals surface area contributed by atoms with Crippen molar-refractivity contribution in [2.45, 2.75) is 32.7 Å². The minimum Gasteiger partial charge on any atom is -0.480 e. The molecule has 1 unspecified atom stereocenters. The van der Waals surface area contributed by atoms with Crippen LogP contribution in [0.2, 0.25) is 0 Å². The minimum atomic E-state index is -1.06. The highest BCUT2D eigenvalue weighted by Crippen LogP contribution is 2.03. The number of aromatic nitrogens is 1. The quantitative estimate of drug-likeness (QED) is 0.738. The number of aryl methyl sites for hydroxylation is 1. The molecular weight excluding hydrogens is 236 g/mol. The second-order valence-electron chi connectivity index (χ2n) is 3.87. The maximum atomic E-state index is 11.6. The second kappa shape index (κ2) is 6.58. The Balaban J connectivity index is 2.53. The van der Waals surface area contributed by atoms with E-state index in [2.05, 4.69) is 10.5 Å². The normalized spacial score (nSPS) is 12.6. The molecule has 0 saturated heterocycles. The SMILES string of the molecule is C/C=C/CC(NC(=O)Cc1cc(C)on1)C(=O)O. The van der Waals surface area contributed by atoms with Crippen LogP contribution < -0.4 is 5.32 Å².